The lowest BCUT2D eigenvalue weighted by Crippen LogP contribution is -2.10. The van der Waals surface area contributed by atoms with E-state index in [0.29, 0.717) is 0 Å². The van der Waals surface area contributed by atoms with Crippen LogP contribution in [-0.4, -0.2) is 4.57 Å². The van der Waals surface area contributed by atoms with Crippen LogP contribution >= 0.6 is 0 Å². The summed E-state index contributed by atoms with van der Waals surface area (Å²) >= 11 is 0. The van der Waals surface area contributed by atoms with Crippen molar-refractivity contribution in [2.75, 3.05) is 0 Å². The first-order valence-corrected chi connectivity index (χ1v) is 4.70. The predicted molar refractivity (Wildman–Crippen MR) is 52.1 cm³/mol. The molecule has 1 aliphatic carbocycles. The largest absolute Gasteiger partial charge is 0.379 e. The zero-order valence-electron chi connectivity index (χ0n) is 7.46. The van der Waals surface area contributed by atoms with Crippen LogP contribution in [0.5, 0.6) is 0 Å². The Morgan fingerprint density at radius 2 is 2.38 bits per heavy atom. The van der Waals surface area contributed by atoms with Crippen molar-refractivity contribution in [1.29, 1.82) is 0 Å². The first-order valence-electron chi connectivity index (χ1n) is 4.70. The number of allylic oxidation sites excluding steroid dienone is 3. The van der Waals surface area contributed by atoms with Gasteiger partial charge in [0.15, 0.2) is 0 Å². The molecule has 2 heteroatoms. The van der Waals surface area contributed by atoms with Gasteiger partial charge in [-0.05, 0) is 30.2 Å². The van der Waals surface area contributed by atoms with Gasteiger partial charge in [0.1, 0.15) is 0 Å². The van der Waals surface area contributed by atoms with E-state index in [-0.39, 0.29) is 0 Å². The molecule has 2 aliphatic rings. The summed E-state index contributed by atoms with van der Waals surface area (Å²) < 4.78 is 2.32. The van der Waals surface area contributed by atoms with Crippen molar-refractivity contribution < 1.29 is 0 Å². The minimum Gasteiger partial charge on any atom is -0.379 e. The molecule has 0 aromatic carbocycles. The molecule has 66 valence electrons. The van der Waals surface area contributed by atoms with Gasteiger partial charge in [0, 0.05) is 24.1 Å². The van der Waals surface area contributed by atoms with E-state index in [4.69, 9.17) is 0 Å². The minimum atomic E-state index is 0.955. The van der Waals surface area contributed by atoms with E-state index in [0.717, 1.165) is 19.5 Å². The number of rotatable bonds is 0. The lowest BCUT2D eigenvalue weighted by Gasteiger charge is -2.04. The van der Waals surface area contributed by atoms with Crippen molar-refractivity contribution in [2.24, 2.45) is 0 Å². The second kappa shape index (κ2) is 2.52. The van der Waals surface area contributed by atoms with Crippen molar-refractivity contribution >= 4 is 0 Å². The van der Waals surface area contributed by atoms with Gasteiger partial charge in [-0.1, -0.05) is 6.08 Å². The molecule has 1 N–H and O–H groups in total. The second-order valence-electron chi connectivity index (χ2n) is 3.60. The Bertz CT molecular complexity index is 396. The van der Waals surface area contributed by atoms with E-state index in [9.17, 15) is 0 Å². The van der Waals surface area contributed by atoms with Gasteiger partial charge in [-0.2, -0.15) is 0 Å². The lowest BCUT2D eigenvalue weighted by molar-refractivity contribution is 0.729. The molecule has 0 saturated carbocycles. The summed E-state index contributed by atoms with van der Waals surface area (Å²) in [5.74, 6) is 0. The maximum atomic E-state index is 3.46. The molecular weight excluding hydrogens is 160 g/mol. The number of nitrogens with zero attached hydrogens (tertiary/aromatic N) is 1. The Kier molecular flexibility index (Phi) is 1.36. The smallest absolute Gasteiger partial charge is 0.0553 e. The summed E-state index contributed by atoms with van der Waals surface area (Å²) in [5, 5.41) is 3.46. The Labute approximate surface area is 77.6 Å². The molecule has 2 nitrogen and oxygen atoms in total. The summed E-state index contributed by atoms with van der Waals surface area (Å²) in [6.45, 7) is 2.01. The molecule has 2 heterocycles. The van der Waals surface area contributed by atoms with Crippen LogP contribution in [0.3, 0.4) is 0 Å². The van der Waals surface area contributed by atoms with Gasteiger partial charge in [-0.3, -0.25) is 0 Å². The summed E-state index contributed by atoms with van der Waals surface area (Å²) in [7, 11) is 0. The molecule has 0 radical (unpaired) electrons. The topological polar surface area (TPSA) is 17.0 Å². The molecular formula is C11H12N2. The zero-order valence-corrected chi connectivity index (χ0v) is 7.46. The Morgan fingerprint density at radius 3 is 3.38 bits per heavy atom. The lowest BCUT2D eigenvalue weighted by atomic mass is 10.2. The SMILES string of the molecule is C1=CC2=C(C1)Cn1cccc1CN2. The normalized spacial score (nSPS) is 19.4. The Morgan fingerprint density at radius 1 is 1.38 bits per heavy atom. The van der Waals surface area contributed by atoms with Crippen LogP contribution in [0.25, 0.3) is 0 Å². The highest BCUT2D eigenvalue weighted by molar-refractivity contribution is 5.34. The summed E-state index contributed by atoms with van der Waals surface area (Å²) in [6, 6.07) is 4.30. The van der Waals surface area contributed by atoms with E-state index in [2.05, 4.69) is 40.4 Å². The van der Waals surface area contributed by atoms with Crippen molar-refractivity contribution in [3.05, 3.63) is 47.4 Å². The van der Waals surface area contributed by atoms with E-state index in [1.54, 1.807) is 0 Å². The molecule has 0 bridgehead atoms. The number of nitrogens with one attached hydrogen (secondary N) is 1. The van der Waals surface area contributed by atoms with E-state index in [1.165, 1.54) is 17.0 Å². The van der Waals surface area contributed by atoms with E-state index < -0.39 is 0 Å². The zero-order chi connectivity index (χ0) is 8.67. The molecule has 0 unspecified atom stereocenters. The molecule has 0 amide bonds. The third-order valence-electron chi connectivity index (χ3n) is 2.77. The Balaban J connectivity index is 2.01. The average molecular weight is 172 g/mol. The highest BCUT2D eigenvalue weighted by Crippen LogP contribution is 2.22. The number of aromatic nitrogens is 1. The van der Waals surface area contributed by atoms with Gasteiger partial charge >= 0.3 is 0 Å². The molecule has 1 aromatic heterocycles. The molecule has 0 fully saturated rings. The maximum Gasteiger partial charge on any atom is 0.0553 e. The maximum absolute atomic E-state index is 3.46. The van der Waals surface area contributed by atoms with Crippen LogP contribution in [-0.2, 0) is 13.1 Å². The van der Waals surface area contributed by atoms with Crippen molar-refractivity contribution in [3.63, 3.8) is 0 Å². The molecule has 0 saturated heterocycles. The van der Waals surface area contributed by atoms with Crippen LogP contribution in [0.2, 0.25) is 0 Å². The van der Waals surface area contributed by atoms with Crippen LogP contribution in [0.1, 0.15) is 12.1 Å². The van der Waals surface area contributed by atoms with Gasteiger partial charge in [-0.15, -0.1) is 0 Å². The second-order valence-corrected chi connectivity index (χ2v) is 3.60. The van der Waals surface area contributed by atoms with E-state index in [1.807, 2.05) is 0 Å². The fourth-order valence-electron chi connectivity index (χ4n) is 2.04. The molecule has 0 spiro atoms. The van der Waals surface area contributed by atoms with Crippen LogP contribution < -0.4 is 5.32 Å². The third-order valence-corrected chi connectivity index (χ3v) is 2.77. The van der Waals surface area contributed by atoms with Gasteiger partial charge in [0.05, 0.1) is 6.54 Å². The van der Waals surface area contributed by atoms with Crippen LogP contribution in [0.15, 0.2) is 41.8 Å². The average Bonchev–Trinajstić information content (AvgIpc) is 2.72. The highest BCUT2D eigenvalue weighted by atomic mass is 15.0. The molecule has 1 aliphatic heterocycles. The first kappa shape index (κ1) is 7.01. The van der Waals surface area contributed by atoms with Crippen molar-refractivity contribution in [1.82, 2.24) is 9.88 Å². The molecule has 3 rings (SSSR count). The number of hydrogen-bond acceptors (Lipinski definition) is 1. The van der Waals surface area contributed by atoms with Gasteiger partial charge < -0.3 is 9.88 Å². The predicted octanol–water partition coefficient (Wildman–Crippen LogP) is 1.81. The quantitative estimate of drug-likeness (QED) is 0.631. The fourth-order valence-corrected chi connectivity index (χ4v) is 2.04. The van der Waals surface area contributed by atoms with Crippen LogP contribution in [0.4, 0.5) is 0 Å². The van der Waals surface area contributed by atoms with Gasteiger partial charge in [0.25, 0.3) is 0 Å². The van der Waals surface area contributed by atoms with Gasteiger partial charge in [0.2, 0.25) is 0 Å². The third kappa shape index (κ3) is 1.02. The Hall–Kier alpha value is -1.44. The van der Waals surface area contributed by atoms with Crippen molar-refractivity contribution in [2.45, 2.75) is 19.5 Å². The standard InChI is InChI=1S/C11H12N2/c1-3-9-8-13-6-2-4-10(13)7-12-11(9)5-1/h1-2,4-6,12H,3,7-8H2. The highest BCUT2D eigenvalue weighted by Gasteiger charge is 2.14. The van der Waals surface area contributed by atoms with Gasteiger partial charge in [-0.25, -0.2) is 0 Å². The van der Waals surface area contributed by atoms with E-state index >= 15 is 0 Å². The summed E-state index contributed by atoms with van der Waals surface area (Å²) in [5.41, 5.74) is 4.22. The summed E-state index contributed by atoms with van der Waals surface area (Å²) in [4.78, 5) is 0. The minimum absolute atomic E-state index is 0.955. The molecule has 13 heavy (non-hydrogen) atoms. The fraction of sp³-hybridized carbons (Fsp3) is 0.273. The van der Waals surface area contributed by atoms with Crippen molar-refractivity contribution in [3.8, 4) is 0 Å². The molecule has 0 atom stereocenters. The number of hydrogen-bond donors (Lipinski definition) is 1. The summed E-state index contributed by atoms with van der Waals surface area (Å²) in [6.07, 6.45) is 7.69. The van der Waals surface area contributed by atoms with Crippen LogP contribution in [0, 0.1) is 0 Å². The monoisotopic (exact) mass is 172 g/mol. The number of fused-ring (bicyclic) bond motifs is 1. The first-order chi connectivity index (χ1) is 6.43. The molecule has 1 aromatic rings.